The molecule has 1 aromatic carbocycles. The van der Waals surface area contributed by atoms with Crippen molar-refractivity contribution in [3.63, 3.8) is 0 Å². The summed E-state index contributed by atoms with van der Waals surface area (Å²) in [6.07, 6.45) is 5.28. The number of hydrogen-bond donors (Lipinski definition) is 2. The van der Waals surface area contributed by atoms with Crippen LogP contribution in [-0.4, -0.2) is 11.7 Å². The van der Waals surface area contributed by atoms with Gasteiger partial charge in [-0.2, -0.15) is 0 Å². The zero-order valence-corrected chi connectivity index (χ0v) is 13.2. The van der Waals surface area contributed by atoms with E-state index in [9.17, 15) is 5.11 Å². The van der Waals surface area contributed by atoms with Gasteiger partial charge in [0.05, 0.1) is 6.10 Å². The molecule has 0 heterocycles. The van der Waals surface area contributed by atoms with Gasteiger partial charge in [-0.15, -0.1) is 0 Å². The molecule has 19 heavy (non-hydrogen) atoms. The Bertz CT molecular complexity index is 423. The molecule has 0 radical (unpaired) electrons. The average molecular weight is 326 g/mol. The predicted molar refractivity (Wildman–Crippen MR) is 82.8 cm³/mol. The highest BCUT2D eigenvalue weighted by molar-refractivity contribution is 9.10. The van der Waals surface area contributed by atoms with Crippen LogP contribution in [0.15, 0.2) is 28.7 Å². The molecule has 1 aliphatic carbocycles. The van der Waals surface area contributed by atoms with Gasteiger partial charge in [0.1, 0.15) is 0 Å². The summed E-state index contributed by atoms with van der Waals surface area (Å²) in [7, 11) is 0. The third-order valence-corrected chi connectivity index (χ3v) is 5.20. The van der Waals surface area contributed by atoms with Crippen LogP contribution in [0.5, 0.6) is 0 Å². The fraction of sp³-hybridized carbons (Fsp3) is 0.625. The van der Waals surface area contributed by atoms with Gasteiger partial charge in [-0.25, -0.2) is 0 Å². The van der Waals surface area contributed by atoms with Crippen LogP contribution in [0.3, 0.4) is 0 Å². The molecular formula is C16H24BrNO. The second-order valence-electron chi connectivity index (χ2n) is 5.89. The summed E-state index contributed by atoms with van der Waals surface area (Å²) in [5, 5.41) is 10.8. The van der Waals surface area contributed by atoms with E-state index in [0.717, 1.165) is 22.9 Å². The summed E-state index contributed by atoms with van der Waals surface area (Å²) < 4.78 is 1.01. The van der Waals surface area contributed by atoms with E-state index in [1.165, 1.54) is 19.3 Å². The van der Waals surface area contributed by atoms with Crippen LogP contribution in [0.1, 0.15) is 50.7 Å². The summed E-state index contributed by atoms with van der Waals surface area (Å²) in [4.78, 5) is 0. The Kier molecular flexibility index (Phi) is 5.04. The number of aliphatic hydroxyl groups excluding tert-OH is 1. The Morgan fingerprint density at radius 1 is 1.53 bits per heavy atom. The summed E-state index contributed by atoms with van der Waals surface area (Å²) in [6.45, 7) is 2.81. The summed E-state index contributed by atoms with van der Waals surface area (Å²) in [5.74, 6) is 0.708. The van der Waals surface area contributed by atoms with Crippen molar-refractivity contribution in [1.82, 2.24) is 0 Å². The molecule has 3 unspecified atom stereocenters. The van der Waals surface area contributed by atoms with Crippen molar-refractivity contribution in [1.29, 1.82) is 0 Å². The number of benzene rings is 1. The third-order valence-electron chi connectivity index (χ3n) is 4.71. The van der Waals surface area contributed by atoms with Crippen molar-refractivity contribution < 1.29 is 5.11 Å². The normalized spacial score (nSPS) is 29.2. The molecule has 1 aromatic rings. The molecule has 2 rings (SSSR count). The van der Waals surface area contributed by atoms with Crippen molar-refractivity contribution in [2.24, 2.45) is 17.1 Å². The lowest BCUT2D eigenvalue weighted by molar-refractivity contribution is -0.0162. The minimum absolute atomic E-state index is 0.139. The van der Waals surface area contributed by atoms with Crippen LogP contribution in [0.2, 0.25) is 0 Å². The smallest absolute Gasteiger partial charge is 0.0858 e. The second-order valence-corrected chi connectivity index (χ2v) is 6.81. The van der Waals surface area contributed by atoms with E-state index < -0.39 is 6.10 Å². The molecule has 1 saturated carbocycles. The number of halogens is 1. The molecule has 0 saturated heterocycles. The van der Waals surface area contributed by atoms with Crippen molar-refractivity contribution in [3.8, 4) is 0 Å². The van der Waals surface area contributed by atoms with E-state index in [1.54, 1.807) is 0 Å². The van der Waals surface area contributed by atoms with Crippen LogP contribution in [0.25, 0.3) is 0 Å². The minimum Gasteiger partial charge on any atom is -0.388 e. The highest BCUT2D eigenvalue weighted by Crippen LogP contribution is 2.48. The first-order valence-corrected chi connectivity index (χ1v) is 8.04. The topological polar surface area (TPSA) is 46.2 Å². The van der Waals surface area contributed by atoms with Gasteiger partial charge >= 0.3 is 0 Å². The van der Waals surface area contributed by atoms with E-state index in [0.29, 0.717) is 12.5 Å². The maximum atomic E-state index is 10.8. The second kappa shape index (κ2) is 6.38. The van der Waals surface area contributed by atoms with Crippen LogP contribution in [0, 0.1) is 11.3 Å². The SMILES string of the molecule is CCC1CCCC(CN)(C(O)c2cccc(Br)c2)C1. The Balaban J connectivity index is 2.25. The molecule has 3 atom stereocenters. The molecule has 0 aliphatic heterocycles. The summed E-state index contributed by atoms with van der Waals surface area (Å²) in [6, 6.07) is 7.98. The predicted octanol–water partition coefficient (Wildman–Crippen LogP) is 4.03. The maximum absolute atomic E-state index is 10.8. The van der Waals surface area contributed by atoms with Gasteiger partial charge in [0.25, 0.3) is 0 Å². The van der Waals surface area contributed by atoms with Crippen molar-refractivity contribution in [3.05, 3.63) is 34.3 Å². The molecule has 3 heteroatoms. The van der Waals surface area contributed by atoms with Gasteiger partial charge < -0.3 is 10.8 Å². The average Bonchev–Trinajstić information content (AvgIpc) is 2.46. The lowest BCUT2D eigenvalue weighted by Gasteiger charge is -2.43. The number of rotatable bonds is 4. The van der Waals surface area contributed by atoms with E-state index in [2.05, 4.69) is 22.9 Å². The molecule has 0 spiro atoms. The van der Waals surface area contributed by atoms with Crippen LogP contribution in [-0.2, 0) is 0 Å². The number of aliphatic hydroxyl groups is 1. The lowest BCUT2D eigenvalue weighted by atomic mass is 9.64. The molecule has 0 bridgehead atoms. The lowest BCUT2D eigenvalue weighted by Crippen LogP contribution is -2.41. The molecule has 0 aromatic heterocycles. The highest BCUT2D eigenvalue weighted by Gasteiger charge is 2.41. The molecule has 2 nitrogen and oxygen atoms in total. The van der Waals surface area contributed by atoms with E-state index in [1.807, 2.05) is 24.3 Å². The van der Waals surface area contributed by atoms with E-state index in [-0.39, 0.29) is 5.41 Å². The first-order chi connectivity index (χ1) is 9.11. The van der Waals surface area contributed by atoms with Gasteiger partial charge in [0.15, 0.2) is 0 Å². The first kappa shape index (κ1) is 15.0. The number of hydrogen-bond acceptors (Lipinski definition) is 2. The maximum Gasteiger partial charge on any atom is 0.0858 e. The Hall–Kier alpha value is -0.380. The van der Waals surface area contributed by atoms with Gasteiger partial charge in [0, 0.05) is 16.4 Å². The molecule has 3 N–H and O–H groups in total. The zero-order chi connectivity index (χ0) is 13.9. The zero-order valence-electron chi connectivity index (χ0n) is 11.6. The Labute approximate surface area is 124 Å². The minimum atomic E-state index is -0.454. The summed E-state index contributed by atoms with van der Waals surface area (Å²) in [5.41, 5.74) is 6.90. The van der Waals surface area contributed by atoms with Crippen molar-refractivity contribution >= 4 is 15.9 Å². The van der Waals surface area contributed by atoms with Gasteiger partial charge in [-0.1, -0.05) is 54.2 Å². The largest absolute Gasteiger partial charge is 0.388 e. The van der Waals surface area contributed by atoms with Gasteiger partial charge in [-0.05, 0) is 36.5 Å². The van der Waals surface area contributed by atoms with Gasteiger partial charge in [0.2, 0.25) is 0 Å². The molecule has 106 valence electrons. The molecule has 1 fully saturated rings. The third kappa shape index (κ3) is 3.21. The van der Waals surface area contributed by atoms with E-state index in [4.69, 9.17) is 5.73 Å². The van der Waals surface area contributed by atoms with Crippen molar-refractivity contribution in [2.45, 2.75) is 45.1 Å². The number of nitrogens with two attached hydrogens (primary N) is 1. The quantitative estimate of drug-likeness (QED) is 0.877. The first-order valence-electron chi connectivity index (χ1n) is 7.25. The van der Waals surface area contributed by atoms with E-state index >= 15 is 0 Å². The Morgan fingerprint density at radius 2 is 2.32 bits per heavy atom. The molecule has 1 aliphatic rings. The monoisotopic (exact) mass is 325 g/mol. The molecular weight excluding hydrogens is 302 g/mol. The standard InChI is InChI=1S/C16H24BrNO/c1-2-12-5-4-8-16(10-12,11-18)15(19)13-6-3-7-14(17)9-13/h3,6-7,9,12,15,19H,2,4-5,8,10-11,18H2,1H3. The Morgan fingerprint density at radius 3 is 2.95 bits per heavy atom. The summed E-state index contributed by atoms with van der Waals surface area (Å²) >= 11 is 3.48. The fourth-order valence-electron chi connectivity index (χ4n) is 3.45. The van der Waals surface area contributed by atoms with Crippen LogP contribution in [0.4, 0.5) is 0 Å². The molecule has 0 amide bonds. The van der Waals surface area contributed by atoms with Crippen LogP contribution < -0.4 is 5.73 Å². The van der Waals surface area contributed by atoms with Crippen molar-refractivity contribution in [2.75, 3.05) is 6.54 Å². The van der Waals surface area contributed by atoms with Gasteiger partial charge in [-0.3, -0.25) is 0 Å². The fourth-order valence-corrected chi connectivity index (χ4v) is 3.86. The van der Waals surface area contributed by atoms with Crippen LogP contribution >= 0.6 is 15.9 Å². The highest BCUT2D eigenvalue weighted by atomic mass is 79.9.